The van der Waals surface area contributed by atoms with Gasteiger partial charge in [-0.3, -0.25) is 0 Å². The molecule has 7 nitrogen and oxygen atoms in total. The van der Waals surface area contributed by atoms with E-state index in [4.69, 9.17) is 28.4 Å². The van der Waals surface area contributed by atoms with Gasteiger partial charge in [0.25, 0.3) is 0 Å². The summed E-state index contributed by atoms with van der Waals surface area (Å²) in [5, 5.41) is 0. The second-order valence-corrected chi connectivity index (χ2v) is 10.1. The van der Waals surface area contributed by atoms with Gasteiger partial charge in [0.05, 0.1) is 0 Å². The summed E-state index contributed by atoms with van der Waals surface area (Å²) in [6, 6.07) is 0. The van der Waals surface area contributed by atoms with Gasteiger partial charge in [0.2, 0.25) is 0 Å². The highest BCUT2D eigenvalue weighted by atomic mass is 16.7. The number of hydrogen-bond donors (Lipinski definition) is 0. The minimum Gasteiger partial charge on any atom is -0.431 e. The van der Waals surface area contributed by atoms with Crippen LogP contribution in [0.5, 0.6) is 0 Å². The van der Waals surface area contributed by atoms with Gasteiger partial charge in [-0.25, -0.2) is 4.79 Å². The van der Waals surface area contributed by atoms with Crippen LogP contribution in [0.4, 0.5) is 4.79 Å². The van der Waals surface area contributed by atoms with E-state index >= 15 is 0 Å². The molecule has 6 atom stereocenters. The Labute approximate surface area is 182 Å². The van der Waals surface area contributed by atoms with E-state index < -0.39 is 6.16 Å². The van der Waals surface area contributed by atoms with Gasteiger partial charge in [-0.1, -0.05) is 27.7 Å². The van der Waals surface area contributed by atoms with E-state index in [-0.39, 0.29) is 47.5 Å². The molecule has 2 aliphatic rings. The first kappa shape index (κ1) is 25.4. The summed E-state index contributed by atoms with van der Waals surface area (Å²) in [5.41, 5.74) is 0.138. The van der Waals surface area contributed by atoms with E-state index in [0.717, 1.165) is 12.8 Å². The summed E-state index contributed by atoms with van der Waals surface area (Å²) in [6.07, 6.45) is 0.0278. The van der Waals surface area contributed by atoms with Crippen molar-refractivity contribution in [2.24, 2.45) is 34.5 Å². The van der Waals surface area contributed by atoms with Crippen LogP contribution in [0.1, 0.15) is 54.4 Å². The molecular weight excluding hydrogens is 388 g/mol. The summed E-state index contributed by atoms with van der Waals surface area (Å²) in [5.74, 6) is 1.24. The Hall–Kier alpha value is -0.890. The van der Waals surface area contributed by atoms with Gasteiger partial charge in [0, 0.05) is 53.1 Å². The molecule has 0 N–H and O–H groups in total. The lowest BCUT2D eigenvalue weighted by Gasteiger charge is -2.19. The molecule has 2 rings (SSSR count). The minimum atomic E-state index is -0.594. The van der Waals surface area contributed by atoms with Crippen molar-refractivity contribution in [1.82, 2.24) is 0 Å². The number of carbonyl (C=O) groups excluding carboxylic acids is 1. The molecule has 0 amide bonds. The zero-order valence-corrected chi connectivity index (χ0v) is 20.4. The predicted molar refractivity (Wildman–Crippen MR) is 113 cm³/mol. The maximum absolute atomic E-state index is 12.5. The molecule has 0 heterocycles. The molecule has 0 aromatic carbocycles. The normalized spacial score (nSPS) is 30.8. The summed E-state index contributed by atoms with van der Waals surface area (Å²) < 4.78 is 32.7. The molecule has 6 unspecified atom stereocenters. The number of rotatable bonds is 12. The molecule has 0 saturated heterocycles. The molecule has 30 heavy (non-hydrogen) atoms. The Balaban J connectivity index is 1.85. The number of methoxy groups -OCH3 is 4. The zero-order valence-electron chi connectivity index (χ0n) is 20.4. The third-order valence-corrected chi connectivity index (χ3v) is 7.80. The molecule has 2 fully saturated rings. The Bertz CT molecular complexity index is 520. The number of ether oxygens (including phenoxy) is 6. The van der Waals surface area contributed by atoms with Crippen LogP contribution in [0.15, 0.2) is 0 Å². The number of carbonyl (C=O) groups is 1. The zero-order chi connectivity index (χ0) is 22.9. The third kappa shape index (κ3) is 5.29. The van der Waals surface area contributed by atoms with Crippen LogP contribution in [0, 0.1) is 34.5 Å². The smallest absolute Gasteiger partial charge is 0.431 e. The standard InChI is InChI=1S/C23H42O7/c1-13(19-15(22(19,3)4)11-17(25-7)26-8)29-21(24)30-14(2)20-16(23(20,5)6)12-18(27-9)28-10/h13-20H,11-12H2,1-10H3. The van der Waals surface area contributed by atoms with Crippen molar-refractivity contribution in [2.75, 3.05) is 28.4 Å². The summed E-state index contributed by atoms with van der Waals surface area (Å²) in [7, 11) is 6.58. The fourth-order valence-electron chi connectivity index (χ4n) is 5.81. The fourth-order valence-corrected chi connectivity index (χ4v) is 5.81. The van der Waals surface area contributed by atoms with E-state index in [1.54, 1.807) is 28.4 Å². The highest BCUT2D eigenvalue weighted by Crippen LogP contribution is 2.63. The van der Waals surface area contributed by atoms with Crippen LogP contribution >= 0.6 is 0 Å². The Morgan fingerprint density at radius 3 is 1.27 bits per heavy atom. The van der Waals surface area contributed by atoms with Crippen molar-refractivity contribution in [3.8, 4) is 0 Å². The molecule has 0 bridgehead atoms. The molecule has 2 saturated carbocycles. The minimum absolute atomic E-state index is 0.0690. The molecule has 0 aliphatic heterocycles. The van der Waals surface area contributed by atoms with Crippen molar-refractivity contribution in [1.29, 1.82) is 0 Å². The van der Waals surface area contributed by atoms with Crippen LogP contribution in [-0.2, 0) is 28.4 Å². The first-order chi connectivity index (χ1) is 13.9. The molecule has 176 valence electrons. The molecule has 0 aromatic heterocycles. The van der Waals surface area contributed by atoms with Gasteiger partial charge < -0.3 is 28.4 Å². The Morgan fingerprint density at radius 2 is 1.00 bits per heavy atom. The SMILES string of the molecule is COC(CC1C(C(C)OC(=O)OC(C)C2C(CC(OC)OC)C2(C)C)C1(C)C)OC. The predicted octanol–water partition coefficient (Wildman–Crippen LogP) is 4.48. The maximum atomic E-state index is 12.5. The van der Waals surface area contributed by atoms with Crippen molar-refractivity contribution in [2.45, 2.75) is 79.2 Å². The molecule has 0 radical (unpaired) electrons. The second-order valence-electron chi connectivity index (χ2n) is 10.1. The lowest BCUT2D eigenvalue weighted by molar-refractivity contribution is -0.111. The van der Waals surface area contributed by atoms with E-state index in [1.165, 1.54) is 0 Å². The molecular formula is C23H42O7. The van der Waals surface area contributed by atoms with Gasteiger partial charge in [0.15, 0.2) is 12.6 Å². The fraction of sp³-hybridized carbons (Fsp3) is 0.957. The van der Waals surface area contributed by atoms with Crippen LogP contribution in [0.2, 0.25) is 0 Å². The quantitative estimate of drug-likeness (QED) is 0.334. The molecule has 2 aliphatic carbocycles. The Kier molecular flexibility index (Phi) is 8.22. The van der Waals surface area contributed by atoms with Crippen LogP contribution in [0.3, 0.4) is 0 Å². The lowest BCUT2D eigenvalue weighted by Crippen LogP contribution is -2.25. The van der Waals surface area contributed by atoms with E-state index in [2.05, 4.69) is 27.7 Å². The van der Waals surface area contributed by atoms with E-state index in [1.807, 2.05) is 13.8 Å². The molecule has 0 aromatic rings. The summed E-state index contributed by atoms with van der Waals surface area (Å²) in [4.78, 5) is 12.5. The second kappa shape index (κ2) is 9.72. The van der Waals surface area contributed by atoms with Crippen LogP contribution < -0.4 is 0 Å². The average molecular weight is 431 g/mol. The summed E-state index contributed by atoms with van der Waals surface area (Å²) in [6.45, 7) is 12.7. The van der Waals surface area contributed by atoms with Gasteiger partial charge in [-0.2, -0.15) is 0 Å². The van der Waals surface area contributed by atoms with Crippen molar-refractivity contribution in [3.63, 3.8) is 0 Å². The van der Waals surface area contributed by atoms with E-state index in [9.17, 15) is 4.79 Å². The molecule has 0 spiro atoms. The van der Waals surface area contributed by atoms with Gasteiger partial charge >= 0.3 is 6.16 Å². The first-order valence-corrected chi connectivity index (χ1v) is 10.9. The number of hydrogen-bond acceptors (Lipinski definition) is 7. The van der Waals surface area contributed by atoms with Crippen molar-refractivity contribution >= 4 is 6.16 Å². The highest BCUT2D eigenvalue weighted by Gasteiger charge is 2.62. The maximum Gasteiger partial charge on any atom is 0.508 e. The largest absolute Gasteiger partial charge is 0.508 e. The Morgan fingerprint density at radius 1 is 0.700 bits per heavy atom. The van der Waals surface area contributed by atoms with Gasteiger partial charge in [0.1, 0.15) is 12.2 Å². The lowest BCUT2D eigenvalue weighted by atomic mass is 10.1. The topological polar surface area (TPSA) is 72.5 Å². The molecule has 7 heteroatoms. The van der Waals surface area contributed by atoms with Crippen molar-refractivity contribution in [3.05, 3.63) is 0 Å². The van der Waals surface area contributed by atoms with Crippen molar-refractivity contribution < 1.29 is 33.2 Å². The van der Waals surface area contributed by atoms with Gasteiger partial charge in [-0.15, -0.1) is 0 Å². The average Bonchev–Trinajstić information content (AvgIpc) is 3.43. The van der Waals surface area contributed by atoms with Crippen LogP contribution in [-0.4, -0.2) is 59.4 Å². The highest BCUT2D eigenvalue weighted by molar-refractivity contribution is 5.60. The van der Waals surface area contributed by atoms with E-state index in [0.29, 0.717) is 11.8 Å². The first-order valence-electron chi connectivity index (χ1n) is 10.9. The van der Waals surface area contributed by atoms with Gasteiger partial charge in [-0.05, 0) is 36.5 Å². The monoisotopic (exact) mass is 430 g/mol. The van der Waals surface area contributed by atoms with Crippen LogP contribution in [0.25, 0.3) is 0 Å². The summed E-state index contributed by atoms with van der Waals surface area (Å²) >= 11 is 0. The third-order valence-electron chi connectivity index (χ3n) is 7.80.